The monoisotopic (exact) mass is 970 g/mol. The van der Waals surface area contributed by atoms with E-state index >= 15 is 0 Å². The van der Waals surface area contributed by atoms with Gasteiger partial charge in [0.05, 0.1) is 0 Å². The van der Waals surface area contributed by atoms with Crippen LogP contribution >= 0.6 is 0 Å². The predicted molar refractivity (Wildman–Crippen MR) is 51.1 cm³/mol. The normalized spacial score (nSPS) is 8.57. The Morgan fingerprint density at radius 3 is 0.429 bits per heavy atom. The molecule has 0 fully saturated rings. The molecular weight excluding hydrogens is 954 g/mol. The summed E-state index contributed by atoms with van der Waals surface area (Å²) in [6, 6.07) is 0. The molecule has 16 nitrogen and oxygen atoms in total. The van der Waals surface area contributed by atoms with Crippen molar-refractivity contribution in [3.8, 4) is 0 Å². The summed E-state index contributed by atoms with van der Waals surface area (Å²) in [6.45, 7) is 0. The molecule has 0 bridgehead atoms. The quantitative estimate of drug-likeness (QED) is 0.148. The zero-order valence-electron chi connectivity index (χ0n) is 17.0. The van der Waals surface area contributed by atoms with E-state index in [1.165, 1.54) is 0 Å². The Morgan fingerprint density at radius 1 is 0.393 bits per heavy atom. The van der Waals surface area contributed by atoms with Crippen molar-refractivity contribution >= 4 is 58.2 Å². The molecular formula is C4H20CrO16Rb7-2. The second-order valence-corrected chi connectivity index (χ2v) is 1.56. The molecule has 0 aliphatic rings. The van der Waals surface area contributed by atoms with Gasteiger partial charge in [0.15, 0.2) is 0 Å². The maximum atomic E-state index is 9.22. The molecule has 0 rings (SSSR count). The third-order valence-electron chi connectivity index (χ3n) is 0.488. The number of hydrogen-bond acceptors (Lipinski definition) is 14. The van der Waals surface area contributed by atoms with Gasteiger partial charge in [-0.15, -0.1) is 0 Å². The van der Waals surface area contributed by atoms with Crippen LogP contribution in [0.5, 0.6) is 0 Å². The van der Waals surface area contributed by atoms with Crippen molar-refractivity contribution in [1.29, 1.82) is 0 Å². The summed E-state index contributed by atoms with van der Waals surface area (Å²) >= 11 is 0. The van der Waals surface area contributed by atoms with E-state index < -0.39 is 25.2 Å². The van der Waals surface area contributed by atoms with E-state index in [1.54, 1.807) is 0 Å². The molecule has 0 saturated heterocycles. The van der Waals surface area contributed by atoms with Crippen LogP contribution in [0.15, 0.2) is 0 Å². The summed E-state index contributed by atoms with van der Waals surface area (Å²) in [5, 5.41) is 66.9. The summed E-state index contributed by atoms with van der Waals surface area (Å²) < 4.78 is 0. The van der Waals surface area contributed by atoms with E-state index in [9.17, 15) is 20.4 Å². The summed E-state index contributed by atoms with van der Waals surface area (Å²) in [7, 11) is 0. The van der Waals surface area contributed by atoms with Gasteiger partial charge in [-0.2, -0.15) is 0 Å². The van der Waals surface area contributed by atoms with Crippen molar-refractivity contribution < 1.29 is 451 Å². The Bertz CT molecular complexity index is 97.0. The molecule has 4 atom stereocenters. The Kier molecular flexibility index (Phi) is 435. The first kappa shape index (κ1) is 125. The number of aliphatic hydroxyl groups excluding tert-OH is 4. The van der Waals surface area contributed by atoms with Crippen molar-refractivity contribution in [3.05, 3.63) is 0 Å². The third kappa shape index (κ3) is 129. The van der Waals surface area contributed by atoms with Crippen LogP contribution in [0.4, 0.5) is 0 Å². The summed E-state index contributed by atoms with van der Waals surface area (Å²) in [5.41, 5.74) is 0. The first-order valence-electron chi connectivity index (χ1n) is 2.64. The van der Waals surface area contributed by atoms with E-state index in [-0.39, 0.29) is 468 Å². The van der Waals surface area contributed by atoms with E-state index in [1.807, 2.05) is 0 Å². The Balaban J connectivity index is -0.00000000284. The van der Waals surface area contributed by atoms with Crippen LogP contribution < -0.4 is 370 Å². The van der Waals surface area contributed by atoms with Crippen LogP contribution in [0, 0.1) is 0 Å². The zero-order valence-corrected chi connectivity index (χ0v) is 52.7. The van der Waals surface area contributed by atoms with Gasteiger partial charge in [-0.05, 0) is 25.2 Å². The number of rotatable bonds is 2. The van der Waals surface area contributed by atoms with Gasteiger partial charge in [-0.25, -0.2) is 0 Å². The van der Waals surface area contributed by atoms with E-state index in [4.69, 9.17) is 20.4 Å². The molecule has 0 amide bonds. The number of hydrogen-bond donors (Lipinski definition) is 4. The average molecular weight is 974 g/mol. The van der Waals surface area contributed by atoms with Crippen LogP contribution in [-0.4, -0.2) is 137 Å². The molecule has 24 heteroatoms. The number of aliphatic hydroxyl groups is 4. The molecule has 28 heavy (non-hydrogen) atoms. The SMILES string of the molecule is [Cr].[O-]C(O)C([O-])O.[O-]C(O)C([O-])O.[OH-].[OH-].[OH-].[OH-].[OH-].[OH-].[OH3+].[OH3+].[Rb+].[Rb+].[Rb+].[Rb+].[Rb+].[Rb+].[Rb]. The van der Waals surface area contributed by atoms with Crippen molar-refractivity contribution in [2.45, 2.75) is 25.2 Å². The average Bonchev–Trinajstić information content (AvgIpc) is 1.88. The fourth-order valence-electron chi connectivity index (χ4n) is 0. The molecule has 0 aromatic carbocycles. The Hall–Kier alpha value is 12.5. The van der Waals surface area contributed by atoms with Gasteiger partial charge in [0.2, 0.25) is 0 Å². The molecule has 4 unspecified atom stereocenters. The molecule has 0 heterocycles. The van der Waals surface area contributed by atoms with Crippen molar-refractivity contribution in [3.63, 3.8) is 0 Å². The van der Waals surface area contributed by atoms with Crippen molar-refractivity contribution in [2.24, 2.45) is 0 Å². The largest absolute Gasteiger partial charge is 1.00 e. The van der Waals surface area contributed by atoms with E-state index in [0.717, 1.165) is 0 Å². The van der Waals surface area contributed by atoms with Gasteiger partial charge >= 0.3 is 349 Å². The van der Waals surface area contributed by atoms with Gasteiger partial charge in [0.25, 0.3) is 0 Å². The van der Waals surface area contributed by atoms with Gasteiger partial charge in [0.1, 0.15) is 0 Å². The maximum absolute atomic E-state index is 9.22. The van der Waals surface area contributed by atoms with E-state index in [0.29, 0.717) is 0 Å². The minimum absolute atomic E-state index is 0. The fourth-order valence-corrected chi connectivity index (χ4v) is 0. The van der Waals surface area contributed by atoms with Gasteiger partial charge < -0.3 is 84.7 Å². The van der Waals surface area contributed by atoms with Crippen LogP contribution in [-0.2, 0) is 28.3 Å². The van der Waals surface area contributed by atoms with Crippen LogP contribution in [0.3, 0.4) is 0 Å². The van der Waals surface area contributed by atoms with Gasteiger partial charge in [0, 0.05) is 75.5 Å². The Labute approximate surface area is 515 Å². The maximum Gasteiger partial charge on any atom is 1.00 e. The van der Waals surface area contributed by atoms with E-state index in [2.05, 4.69) is 0 Å². The van der Waals surface area contributed by atoms with Gasteiger partial charge in [-0.1, -0.05) is 0 Å². The third-order valence-corrected chi connectivity index (χ3v) is 0.488. The molecule has 0 saturated carbocycles. The Morgan fingerprint density at radius 2 is 0.429 bits per heavy atom. The topological polar surface area (TPSA) is 419 Å². The van der Waals surface area contributed by atoms with Crippen LogP contribution in [0.2, 0.25) is 0 Å². The molecule has 0 aromatic rings. The van der Waals surface area contributed by atoms with Crippen LogP contribution in [0.25, 0.3) is 0 Å². The standard InChI is InChI=1S/2C2H4O4.Cr.8H2O.7Rb/c2*3-1(4)2(5)6;;;;;;;;;;;;;;;;/h2*1-3,5H;;8*1H2;;;;;;;/q2*-2;;;;;;;;;;;6*+1/p-4. The van der Waals surface area contributed by atoms with Crippen molar-refractivity contribution in [2.75, 3.05) is 0 Å². The molecule has 0 spiro atoms. The molecule has 16 N–H and O–H groups in total. The fraction of sp³-hybridized carbons (Fsp3) is 1.00. The first-order valence-corrected chi connectivity index (χ1v) is 2.64. The molecule has 1 radical (unpaired) electrons. The smallest absolute Gasteiger partial charge is 0.870 e. The summed E-state index contributed by atoms with van der Waals surface area (Å²) in [5.74, 6) is 0. The zero-order chi connectivity index (χ0) is 10.3. The summed E-state index contributed by atoms with van der Waals surface area (Å²) in [4.78, 5) is 0. The van der Waals surface area contributed by atoms with Crippen molar-refractivity contribution in [1.82, 2.24) is 0 Å². The van der Waals surface area contributed by atoms with Crippen LogP contribution in [0.1, 0.15) is 0 Å². The second-order valence-electron chi connectivity index (χ2n) is 1.56. The van der Waals surface area contributed by atoms with Gasteiger partial charge in [-0.3, -0.25) is 0 Å². The summed E-state index contributed by atoms with van der Waals surface area (Å²) in [6.07, 6.45) is -9.59. The minimum Gasteiger partial charge on any atom is -0.870 e. The molecule has 147 valence electrons. The molecule has 0 aromatic heterocycles. The molecule has 0 aliphatic carbocycles. The predicted octanol–water partition coefficient (Wildman–Crippen LogP) is -28.6. The molecule has 0 aliphatic heterocycles. The first-order chi connectivity index (χ1) is 5.29. The minimum atomic E-state index is -2.40. The second kappa shape index (κ2) is 97.5.